The predicted octanol–water partition coefficient (Wildman–Crippen LogP) is 4.65. The van der Waals surface area contributed by atoms with Crippen molar-refractivity contribution < 1.29 is 4.74 Å². The van der Waals surface area contributed by atoms with E-state index < -0.39 is 0 Å². The average molecular weight is 494 g/mol. The summed E-state index contributed by atoms with van der Waals surface area (Å²) in [5.74, 6) is 1.48. The second kappa shape index (κ2) is 10.2. The fourth-order valence-corrected chi connectivity index (χ4v) is 5.50. The van der Waals surface area contributed by atoms with E-state index in [0.717, 1.165) is 66.4 Å². The first-order chi connectivity index (χ1) is 18.2. The monoisotopic (exact) mass is 493 g/mol. The van der Waals surface area contributed by atoms with Crippen LogP contribution in [0.25, 0.3) is 28.0 Å². The number of hydrogen-bond donors (Lipinski definition) is 0. The summed E-state index contributed by atoms with van der Waals surface area (Å²) in [6.45, 7) is 4.89. The van der Waals surface area contributed by atoms with Crippen LogP contribution in [0.5, 0.6) is 6.01 Å². The third kappa shape index (κ3) is 4.75. The number of rotatable bonds is 6. The highest BCUT2D eigenvalue weighted by atomic mass is 16.5. The quantitative estimate of drug-likeness (QED) is 0.387. The van der Waals surface area contributed by atoms with Gasteiger partial charge in [0.2, 0.25) is 0 Å². The highest BCUT2D eigenvalue weighted by Gasteiger charge is 2.23. The summed E-state index contributed by atoms with van der Waals surface area (Å²) in [7, 11) is 2.17. The van der Waals surface area contributed by atoms with E-state index in [0.29, 0.717) is 24.1 Å². The standard InChI is InChI=1S/C29H31N7O/c1-34-13-4-5-22(19-34)20-37-29-33-27(23-8-6-21(17-30)7-9-23)26(28-31-12-16-36(28)29)24-10-11-25(32-18-24)35-14-2-3-15-35/h6-12,16,18,22H,2-5,13-15,19-20H2,1H3/t22-/m1/s1. The molecule has 2 aliphatic rings. The molecule has 8 heteroatoms. The number of piperidine rings is 1. The van der Waals surface area contributed by atoms with E-state index in [9.17, 15) is 5.26 Å². The van der Waals surface area contributed by atoms with Gasteiger partial charge < -0.3 is 14.5 Å². The molecule has 2 fully saturated rings. The van der Waals surface area contributed by atoms with E-state index in [4.69, 9.17) is 19.7 Å². The van der Waals surface area contributed by atoms with E-state index in [1.165, 1.54) is 19.3 Å². The van der Waals surface area contributed by atoms with Crippen LogP contribution in [0, 0.1) is 17.2 Å². The lowest BCUT2D eigenvalue weighted by molar-refractivity contribution is 0.143. The van der Waals surface area contributed by atoms with Gasteiger partial charge >= 0.3 is 6.01 Å². The highest BCUT2D eigenvalue weighted by Crippen LogP contribution is 2.36. The van der Waals surface area contributed by atoms with Crippen LogP contribution in [0.1, 0.15) is 31.2 Å². The minimum absolute atomic E-state index is 0.472. The number of aromatic nitrogens is 4. The first-order valence-corrected chi connectivity index (χ1v) is 13.1. The molecule has 0 bridgehead atoms. The molecular weight excluding hydrogens is 462 g/mol. The molecule has 37 heavy (non-hydrogen) atoms. The van der Waals surface area contributed by atoms with Crippen molar-refractivity contribution in [2.45, 2.75) is 25.7 Å². The van der Waals surface area contributed by atoms with Crippen LogP contribution in [0.15, 0.2) is 55.0 Å². The molecule has 0 amide bonds. The fraction of sp³-hybridized carbons (Fsp3) is 0.379. The Kier molecular flexibility index (Phi) is 6.46. The maximum Gasteiger partial charge on any atom is 0.302 e. The summed E-state index contributed by atoms with van der Waals surface area (Å²) in [6.07, 6.45) is 10.4. The van der Waals surface area contributed by atoms with Crippen LogP contribution in [0.2, 0.25) is 0 Å². The molecule has 0 radical (unpaired) electrons. The number of imidazole rings is 1. The highest BCUT2D eigenvalue weighted by molar-refractivity contribution is 5.90. The zero-order valence-electron chi connectivity index (χ0n) is 21.2. The Morgan fingerprint density at radius 2 is 1.81 bits per heavy atom. The van der Waals surface area contributed by atoms with Gasteiger partial charge in [0, 0.05) is 55.3 Å². The summed E-state index contributed by atoms with van der Waals surface area (Å²) in [5, 5.41) is 9.30. The van der Waals surface area contributed by atoms with Gasteiger partial charge in [0.25, 0.3) is 0 Å². The number of likely N-dealkylation sites (tertiary alicyclic amines) is 1. The van der Waals surface area contributed by atoms with Crippen LogP contribution >= 0.6 is 0 Å². The lowest BCUT2D eigenvalue weighted by Gasteiger charge is -2.29. The normalized spacial score (nSPS) is 18.3. The molecular formula is C29H31N7O. The van der Waals surface area contributed by atoms with Crippen molar-refractivity contribution >= 4 is 11.5 Å². The van der Waals surface area contributed by atoms with Gasteiger partial charge in [-0.2, -0.15) is 10.2 Å². The molecule has 8 nitrogen and oxygen atoms in total. The van der Waals surface area contributed by atoms with Gasteiger partial charge in [0.05, 0.1) is 29.5 Å². The molecule has 0 unspecified atom stereocenters. The molecule has 188 valence electrons. The number of anilines is 1. The zero-order valence-corrected chi connectivity index (χ0v) is 21.2. The lowest BCUT2D eigenvalue weighted by Crippen LogP contribution is -2.35. The zero-order chi connectivity index (χ0) is 25.2. The first kappa shape index (κ1) is 23.4. The molecule has 0 aliphatic carbocycles. The van der Waals surface area contributed by atoms with E-state index in [1.807, 2.05) is 41.1 Å². The Bertz CT molecular complexity index is 1420. The second-order valence-corrected chi connectivity index (χ2v) is 10.1. The molecule has 5 heterocycles. The van der Waals surface area contributed by atoms with Crippen LogP contribution in [-0.2, 0) is 0 Å². The number of ether oxygens (including phenoxy) is 1. The van der Waals surface area contributed by atoms with E-state index in [-0.39, 0.29) is 0 Å². The molecule has 1 atom stereocenters. The van der Waals surface area contributed by atoms with Crippen LogP contribution < -0.4 is 9.64 Å². The maximum absolute atomic E-state index is 9.30. The van der Waals surface area contributed by atoms with Crippen molar-refractivity contribution in [3.63, 3.8) is 0 Å². The first-order valence-electron chi connectivity index (χ1n) is 13.1. The van der Waals surface area contributed by atoms with E-state index >= 15 is 0 Å². The van der Waals surface area contributed by atoms with Crippen molar-refractivity contribution in [2.75, 3.05) is 44.7 Å². The lowest BCUT2D eigenvalue weighted by atomic mass is 9.99. The van der Waals surface area contributed by atoms with Crippen molar-refractivity contribution in [1.29, 1.82) is 5.26 Å². The topological polar surface area (TPSA) is 82.6 Å². The number of benzene rings is 1. The number of hydrogen-bond acceptors (Lipinski definition) is 7. The molecule has 3 aromatic heterocycles. The SMILES string of the molecule is CN1CCC[C@@H](COc2nc(-c3ccc(C#N)cc3)c(-c3ccc(N4CCCC4)nc3)c3nccn23)C1. The van der Waals surface area contributed by atoms with Gasteiger partial charge in [-0.15, -0.1) is 0 Å². The van der Waals surface area contributed by atoms with Crippen LogP contribution in [0.3, 0.4) is 0 Å². The summed E-state index contributed by atoms with van der Waals surface area (Å²) in [4.78, 5) is 19.3. The maximum atomic E-state index is 9.30. The summed E-state index contributed by atoms with van der Waals surface area (Å²) >= 11 is 0. The Morgan fingerprint density at radius 1 is 1.00 bits per heavy atom. The Balaban J connectivity index is 1.42. The molecule has 2 aliphatic heterocycles. The third-order valence-corrected chi connectivity index (χ3v) is 7.44. The molecule has 0 saturated carbocycles. The number of pyridine rings is 1. The Labute approximate surface area is 217 Å². The minimum Gasteiger partial charge on any atom is -0.464 e. The summed E-state index contributed by atoms with van der Waals surface area (Å²) in [5.41, 5.74) is 4.92. The molecule has 1 aromatic carbocycles. The molecule has 0 spiro atoms. The second-order valence-electron chi connectivity index (χ2n) is 10.1. The van der Waals surface area contributed by atoms with Gasteiger partial charge in [-0.05, 0) is 63.5 Å². The number of fused-ring (bicyclic) bond motifs is 1. The Morgan fingerprint density at radius 3 is 2.54 bits per heavy atom. The van der Waals surface area contributed by atoms with Crippen LogP contribution in [0.4, 0.5) is 5.82 Å². The average Bonchev–Trinajstić information content (AvgIpc) is 3.65. The molecule has 6 rings (SSSR count). The largest absolute Gasteiger partial charge is 0.464 e. The summed E-state index contributed by atoms with van der Waals surface area (Å²) < 4.78 is 8.29. The number of nitriles is 1. The number of nitrogens with zero attached hydrogens (tertiary/aromatic N) is 7. The van der Waals surface area contributed by atoms with E-state index in [1.54, 1.807) is 6.20 Å². The fourth-order valence-electron chi connectivity index (χ4n) is 5.50. The van der Waals surface area contributed by atoms with Gasteiger partial charge in [-0.25, -0.2) is 9.97 Å². The Hall–Kier alpha value is -3.96. The molecule has 2 saturated heterocycles. The summed E-state index contributed by atoms with van der Waals surface area (Å²) in [6, 6.07) is 14.5. The van der Waals surface area contributed by atoms with Crippen molar-refractivity contribution in [2.24, 2.45) is 5.92 Å². The minimum atomic E-state index is 0.472. The smallest absolute Gasteiger partial charge is 0.302 e. The van der Waals surface area contributed by atoms with Crippen molar-refractivity contribution in [1.82, 2.24) is 24.3 Å². The van der Waals surface area contributed by atoms with Gasteiger partial charge in [-0.1, -0.05) is 12.1 Å². The third-order valence-electron chi connectivity index (χ3n) is 7.44. The molecule has 4 aromatic rings. The van der Waals surface area contributed by atoms with Gasteiger partial charge in [0.1, 0.15) is 5.82 Å². The van der Waals surface area contributed by atoms with Crippen molar-refractivity contribution in [3.8, 4) is 34.5 Å². The van der Waals surface area contributed by atoms with Crippen LogP contribution in [-0.4, -0.2) is 64.1 Å². The van der Waals surface area contributed by atoms with Gasteiger partial charge in [0.15, 0.2) is 5.65 Å². The predicted molar refractivity (Wildman–Crippen MR) is 144 cm³/mol. The van der Waals surface area contributed by atoms with Gasteiger partial charge in [-0.3, -0.25) is 4.40 Å². The van der Waals surface area contributed by atoms with Crippen molar-refractivity contribution in [3.05, 3.63) is 60.6 Å². The molecule has 0 N–H and O–H groups in total. The van der Waals surface area contributed by atoms with E-state index in [2.05, 4.69) is 35.0 Å².